The molecule has 0 radical (unpaired) electrons. The first-order chi connectivity index (χ1) is 11.8. The Morgan fingerprint density at radius 3 is 2.52 bits per heavy atom. The summed E-state index contributed by atoms with van der Waals surface area (Å²) in [6.07, 6.45) is 7.08. The van der Waals surface area contributed by atoms with Gasteiger partial charge in [0.25, 0.3) is 5.91 Å². The van der Waals surface area contributed by atoms with Crippen molar-refractivity contribution >= 4 is 15.7 Å². The average Bonchev–Trinajstić information content (AvgIpc) is 2.60. The van der Waals surface area contributed by atoms with Crippen LogP contribution in [0.25, 0.3) is 0 Å². The van der Waals surface area contributed by atoms with Crippen LogP contribution in [0.2, 0.25) is 0 Å². The van der Waals surface area contributed by atoms with Gasteiger partial charge in [-0.15, -0.1) is 0 Å². The van der Waals surface area contributed by atoms with Crippen molar-refractivity contribution in [3.8, 4) is 0 Å². The van der Waals surface area contributed by atoms with Crippen molar-refractivity contribution in [3.63, 3.8) is 0 Å². The number of carbonyl (C=O) groups excluding carboxylic acids is 1. The standard InChI is InChI=1S/C19H22N2O3S/c1-13(14-7-9-17(10-8-14)25(2,23)24)21-19(22)16-11-15-5-3-4-6-18(15)20-12-16/h7-13H,3-6H2,1-2H3,(H,21,22). The molecule has 1 aliphatic rings. The zero-order valence-corrected chi connectivity index (χ0v) is 15.3. The first kappa shape index (κ1) is 17.6. The van der Waals surface area contributed by atoms with E-state index < -0.39 is 9.84 Å². The molecule has 1 unspecified atom stereocenters. The number of benzene rings is 1. The fourth-order valence-corrected chi connectivity index (χ4v) is 3.71. The van der Waals surface area contributed by atoms with Crippen LogP contribution in [-0.4, -0.2) is 25.6 Å². The zero-order chi connectivity index (χ0) is 18.0. The molecule has 1 aromatic carbocycles. The Labute approximate surface area is 148 Å². The van der Waals surface area contributed by atoms with E-state index in [1.165, 1.54) is 11.8 Å². The number of nitrogens with one attached hydrogen (secondary N) is 1. The van der Waals surface area contributed by atoms with E-state index >= 15 is 0 Å². The molecule has 132 valence electrons. The van der Waals surface area contributed by atoms with Crippen LogP contribution in [0.3, 0.4) is 0 Å². The maximum absolute atomic E-state index is 12.5. The lowest BCUT2D eigenvalue weighted by Crippen LogP contribution is -2.27. The first-order valence-electron chi connectivity index (χ1n) is 8.43. The fourth-order valence-electron chi connectivity index (χ4n) is 3.08. The van der Waals surface area contributed by atoms with E-state index in [4.69, 9.17) is 0 Å². The quantitative estimate of drug-likeness (QED) is 0.912. The summed E-state index contributed by atoms with van der Waals surface area (Å²) in [6.45, 7) is 1.87. The zero-order valence-electron chi connectivity index (χ0n) is 14.5. The molecule has 25 heavy (non-hydrogen) atoms. The summed E-state index contributed by atoms with van der Waals surface area (Å²) in [5.74, 6) is -0.166. The molecule has 0 saturated carbocycles. The van der Waals surface area contributed by atoms with E-state index in [0.29, 0.717) is 5.56 Å². The van der Waals surface area contributed by atoms with E-state index in [0.717, 1.165) is 36.9 Å². The molecule has 0 saturated heterocycles. The van der Waals surface area contributed by atoms with Gasteiger partial charge in [0.15, 0.2) is 9.84 Å². The van der Waals surface area contributed by atoms with Crippen LogP contribution in [0.4, 0.5) is 0 Å². The topological polar surface area (TPSA) is 76.1 Å². The molecule has 0 aliphatic heterocycles. The number of aryl methyl sites for hydroxylation is 2. The lowest BCUT2D eigenvalue weighted by Gasteiger charge is -2.17. The van der Waals surface area contributed by atoms with Gasteiger partial charge in [0.2, 0.25) is 0 Å². The maximum Gasteiger partial charge on any atom is 0.253 e. The first-order valence-corrected chi connectivity index (χ1v) is 10.3. The van der Waals surface area contributed by atoms with Crippen LogP contribution >= 0.6 is 0 Å². The monoisotopic (exact) mass is 358 g/mol. The molecule has 1 aliphatic carbocycles. The van der Waals surface area contributed by atoms with Crippen molar-refractivity contribution in [2.45, 2.75) is 43.5 Å². The molecule has 6 heteroatoms. The van der Waals surface area contributed by atoms with Gasteiger partial charge in [-0.2, -0.15) is 0 Å². The van der Waals surface area contributed by atoms with E-state index in [9.17, 15) is 13.2 Å². The van der Waals surface area contributed by atoms with Gasteiger partial charge in [-0.05, 0) is 61.9 Å². The summed E-state index contributed by atoms with van der Waals surface area (Å²) in [5.41, 5.74) is 3.70. The molecule has 1 amide bonds. The molecule has 0 spiro atoms. The molecule has 5 nitrogen and oxygen atoms in total. The fraction of sp³-hybridized carbons (Fsp3) is 0.368. The minimum atomic E-state index is -3.22. The molecule has 1 heterocycles. The molecule has 1 N–H and O–H groups in total. The Bertz CT molecular complexity index is 889. The van der Waals surface area contributed by atoms with Crippen molar-refractivity contribution in [1.29, 1.82) is 0 Å². The largest absolute Gasteiger partial charge is 0.345 e. The van der Waals surface area contributed by atoms with Crippen LogP contribution in [0, 0.1) is 0 Å². The number of rotatable bonds is 4. The molecule has 2 aromatic rings. The smallest absolute Gasteiger partial charge is 0.253 e. The second kappa shape index (κ2) is 6.96. The van der Waals surface area contributed by atoms with Crippen molar-refractivity contribution in [2.24, 2.45) is 0 Å². The van der Waals surface area contributed by atoms with Crippen molar-refractivity contribution in [2.75, 3.05) is 6.26 Å². The van der Waals surface area contributed by atoms with Gasteiger partial charge in [0.05, 0.1) is 16.5 Å². The van der Waals surface area contributed by atoms with E-state index in [-0.39, 0.29) is 16.8 Å². The van der Waals surface area contributed by atoms with Crippen LogP contribution in [0.15, 0.2) is 41.4 Å². The molecular weight excluding hydrogens is 336 g/mol. The van der Waals surface area contributed by atoms with Crippen LogP contribution in [-0.2, 0) is 22.7 Å². The number of carbonyl (C=O) groups is 1. The summed E-state index contributed by atoms with van der Waals surface area (Å²) in [7, 11) is -3.22. The van der Waals surface area contributed by atoms with Gasteiger partial charge in [-0.3, -0.25) is 9.78 Å². The normalized spacial score (nSPS) is 15.3. The summed E-state index contributed by atoms with van der Waals surface area (Å²) in [5, 5.41) is 2.95. The summed E-state index contributed by atoms with van der Waals surface area (Å²) in [6, 6.07) is 8.30. The van der Waals surface area contributed by atoms with Gasteiger partial charge in [-0.1, -0.05) is 12.1 Å². The minimum Gasteiger partial charge on any atom is -0.345 e. The lowest BCUT2D eigenvalue weighted by molar-refractivity contribution is 0.0939. The highest BCUT2D eigenvalue weighted by atomic mass is 32.2. The predicted molar refractivity (Wildman–Crippen MR) is 96.3 cm³/mol. The van der Waals surface area contributed by atoms with E-state index in [2.05, 4.69) is 10.3 Å². The maximum atomic E-state index is 12.5. The highest BCUT2D eigenvalue weighted by Crippen LogP contribution is 2.21. The Morgan fingerprint density at radius 1 is 1.16 bits per heavy atom. The molecular formula is C19H22N2O3S. The van der Waals surface area contributed by atoms with Crippen molar-refractivity contribution in [3.05, 3.63) is 58.9 Å². The number of fused-ring (bicyclic) bond motifs is 1. The van der Waals surface area contributed by atoms with Gasteiger partial charge in [0.1, 0.15) is 0 Å². The molecule has 1 aromatic heterocycles. The van der Waals surface area contributed by atoms with Gasteiger partial charge >= 0.3 is 0 Å². The second-order valence-corrected chi connectivity index (χ2v) is 8.59. The van der Waals surface area contributed by atoms with Crippen LogP contribution < -0.4 is 5.32 Å². The van der Waals surface area contributed by atoms with E-state index in [1.54, 1.807) is 30.5 Å². The number of hydrogen-bond donors (Lipinski definition) is 1. The number of aromatic nitrogens is 1. The Morgan fingerprint density at radius 2 is 1.84 bits per heavy atom. The van der Waals surface area contributed by atoms with Crippen molar-refractivity contribution < 1.29 is 13.2 Å². The molecule has 0 bridgehead atoms. The number of sulfone groups is 1. The van der Waals surface area contributed by atoms with Gasteiger partial charge in [-0.25, -0.2) is 8.42 Å². The number of hydrogen-bond acceptors (Lipinski definition) is 4. The van der Waals surface area contributed by atoms with Gasteiger partial charge in [0, 0.05) is 18.1 Å². The highest BCUT2D eigenvalue weighted by molar-refractivity contribution is 7.90. The average molecular weight is 358 g/mol. The molecule has 3 rings (SSSR count). The Hall–Kier alpha value is -2.21. The number of pyridine rings is 1. The molecule has 0 fully saturated rings. The Kier molecular flexibility index (Phi) is 4.90. The SMILES string of the molecule is CC(NC(=O)c1cnc2c(c1)CCCC2)c1ccc(S(C)(=O)=O)cc1. The predicted octanol–water partition coefficient (Wildman–Crippen LogP) is 2.85. The Balaban J connectivity index is 1.72. The lowest BCUT2D eigenvalue weighted by atomic mass is 9.95. The molecule has 1 atom stereocenters. The third kappa shape index (κ3) is 4.07. The number of amides is 1. The van der Waals surface area contributed by atoms with Gasteiger partial charge < -0.3 is 5.32 Å². The third-order valence-electron chi connectivity index (χ3n) is 4.59. The van der Waals surface area contributed by atoms with E-state index in [1.807, 2.05) is 13.0 Å². The minimum absolute atomic E-state index is 0.166. The third-order valence-corrected chi connectivity index (χ3v) is 5.72. The van der Waals surface area contributed by atoms with Crippen LogP contribution in [0.5, 0.6) is 0 Å². The van der Waals surface area contributed by atoms with Crippen molar-refractivity contribution in [1.82, 2.24) is 10.3 Å². The highest BCUT2D eigenvalue weighted by Gasteiger charge is 2.16. The van der Waals surface area contributed by atoms with Crippen LogP contribution in [0.1, 0.15) is 53.0 Å². The summed E-state index contributed by atoms with van der Waals surface area (Å²) < 4.78 is 23.0. The number of nitrogens with zero attached hydrogens (tertiary/aromatic N) is 1. The second-order valence-electron chi connectivity index (χ2n) is 6.57. The summed E-state index contributed by atoms with van der Waals surface area (Å²) in [4.78, 5) is 17.2. The summed E-state index contributed by atoms with van der Waals surface area (Å²) >= 11 is 0.